The molecule has 33 heavy (non-hydrogen) atoms. The van der Waals surface area contributed by atoms with Crippen molar-refractivity contribution in [1.82, 2.24) is 15.5 Å². The molecule has 1 atom stereocenters. The van der Waals surface area contributed by atoms with Gasteiger partial charge in [-0.1, -0.05) is 17.7 Å². The molecule has 1 unspecified atom stereocenters. The lowest BCUT2D eigenvalue weighted by molar-refractivity contribution is 0.0893. The van der Waals surface area contributed by atoms with Crippen LogP contribution < -0.4 is 10.6 Å². The standard InChI is InChI=1S/C25H31ClFN3O3/c1-16-14-18(24(31)28-10-13-33-3)4-6-21(16)17(2)30-11-8-20(9-12-30)29-25(32)19-5-7-23(27)22(26)15-19/h4-7,14-15,17,20H,8-13H2,1-3H3,(H,28,31)(H,29,32). The summed E-state index contributed by atoms with van der Waals surface area (Å²) in [5.41, 5.74) is 3.26. The van der Waals surface area contributed by atoms with E-state index in [0.29, 0.717) is 24.3 Å². The fourth-order valence-corrected chi connectivity index (χ4v) is 4.37. The first kappa shape index (κ1) is 25.1. The van der Waals surface area contributed by atoms with Crippen LogP contribution in [0.5, 0.6) is 0 Å². The van der Waals surface area contributed by atoms with Crippen molar-refractivity contribution in [2.24, 2.45) is 0 Å². The quantitative estimate of drug-likeness (QED) is 0.563. The Labute approximate surface area is 199 Å². The Balaban J connectivity index is 1.54. The molecule has 1 aliphatic rings. The molecule has 1 saturated heterocycles. The van der Waals surface area contributed by atoms with Crippen molar-refractivity contribution in [2.75, 3.05) is 33.4 Å². The van der Waals surface area contributed by atoms with Crippen LogP contribution in [0.25, 0.3) is 0 Å². The highest BCUT2D eigenvalue weighted by Gasteiger charge is 2.26. The Bertz CT molecular complexity index is 993. The smallest absolute Gasteiger partial charge is 0.251 e. The molecule has 2 aromatic rings. The van der Waals surface area contributed by atoms with Gasteiger partial charge >= 0.3 is 0 Å². The molecular formula is C25H31ClFN3O3. The molecule has 1 heterocycles. The maximum atomic E-state index is 13.3. The summed E-state index contributed by atoms with van der Waals surface area (Å²) in [5.74, 6) is -0.877. The van der Waals surface area contributed by atoms with Gasteiger partial charge in [-0.2, -0.15) is 0 Å². The molecule has 6 nitrogen and oxygen atoms in total. The molecule has 0 aliphatic carbocycles. The van der Waals surface area contributed by atoms with Crippen molar-refractivity contribution in [3.63, 3.8) is 0 Å². The van der Waals surface area contributed by atoms with Gasteiger partial charge in [-0.15, -0.1) is 0 Å². The number of aryl methyl sites for hydroxylation is 1. The zero-order valence-corrected chi connectivity index (χ0v) is 20.0. The third kappa shape index (κ3) is 6.53. The fraction of sp³-hybridized carbons (Fsp3) is 0.440. The van der Waals surface area contributed by atoms with Crippen molar-refractivity contribution in [3.8, 4) is 0 Å². The summed E-state index contributed by atoms with van der Waals surface area (Å²) in [7, 11) is 1.60. The monoisotopic (exact) mass is 475 g/mol. The average molecular weight is 476 g/mol. The van der Waals surface area contributed by atoms with Crippen LogP contribution >= 0.6 is 11.6 Å². The minimum atomic E-state index is -0.537. The molecule has 0 aromatic heterocycles. The highest BCUT2D eigenvalue weighted by molar-refractivity contribution is 6.31. The van der Waals surface area contributed by atoms with Gasteiger partial charge in [0.25, 0.3) is 11.8 Å². The molecule has 2 aromatic carbocycles. The van der Waals surface area contributed by atoms with Crippen molar-refractivity contribution in [3.05, 3.63) is 69.5 Å². The van der Waals surface area contributed by atoms with Gasteiger partial charge in [0.05, 0.1) is 11.6 Å². The second kappa shape index (κ2) is 11.6. The topological polar surface area (TPSA) is 70.7 Å². The molecule has 0 bridgehead atoms. The summed E-state index contributed by atoms with van der Waals surface area (Å²) in [6.45, 7) is 6.84. The Hall–Kier alpha value is -2.48. The normalized spacial score (nSPS) is 15.8. The zero-order valence-electron chi connectivity index (χ0n) is 19.3. The summed E-state index contributed by atoms with van der Waals surface area (Å²) in [4.78, 5) is 27.1. The molecule has 8 heteroatoms. The number of amides is 2. The fourth-order valence-electron chi connectivity index (χ4n) is 4.19. The summed E-state index contributed by atoms with van der Waals surface area (Å²) in [6.07, 6.45) is 1.65. The molecule has 0 radical (unpaired) electrons. The van der Waals surface area contributed by atoms with Gasteiger partial charge in [0, 0.05) is 50.0 Å². The minimum Gasteiger partial charge on any atom is -0.383 e. The number of rotatable bonds is 8. The molecule has 0 saturated carbocycles. The van der Waals surface area contributed by atoms with E-state index in [1.807, 2.05) is 25.1 Å². The molecular weight excluding hydrogens is 445 g/mol. The number of piperidine rings is 1. The molecule has 1 fully saturated rings. The number of nitrogens with one attached hydrogen (secondary N) is 2. The van der Waals surface area contributed by atoms with E-state index in [4.69, 9.17) is 16.3 Å². The summed E-state index contributed by atoms with van der Waals surface area (Å²) >= 11 is 5.79. The number of halogens is 2. The molecule has 2 amide bonds. The molecule has 178 valence electrons. The van der Waals surface area contributed by atoms with E-state index in [0.717, 1.165) is 31.5 Å². The average Bonchev–Trinajstić information content (AvgIpc) is 2.81. The van der Waals surface area contributed by atoms with Crippen LogP contribution in [0, 0.1) is 12.7 Å². The van der Waals surface area contributed by atoms with Crippen molar-refractivity contribution < 1.29 is 18.7 Å². The van der Waals surface area contributed by atoms with Crippen LogP contribution in [0.3, 0.4) is 0 Å². The van der Waals surface area contributed by atoms with Gasteiger partial charge in [-0.25, -0.2) is 4.39 Å². The lowest BCUT2D eigenvalue weighted by Crippen LogP contribution is -2.45. The molecule has 2 N–H and O–H groups in total. The summed E-state index contributed by atoms with van der Waals surface area (Å²) in [5, 5.41) is 5.82. The van der Waals surface area contributed by atoms with Crippen molar-refractivity contribution >= 4 is 23.4 Å². The Kier molecular flexibility index (Phi) is 8.83. The maximum absolute atomic E-state index is 13.3. The third-order valence-corrected chi connectivity index (χ3v) is 6.46. The number of likely N-dealkylation sites (tertiary alicyclic amines) is 1. The van der Waals surface area contributed by atoms with E-state index in [1.54, 1.807) is 7.11 Å². The van der Waals surface area contributed by atoms with E-state index >= 15 is 0 Å². The largest absolute Gasteiger partial charge is 0.383 e. The summed E-state index contributed by atoms with van der Waals surface area (Å²) < 4.78 is 18.3. The van der Waals surface area contributed by atoms with Gasteiger partial charge in [0.1, 0.15) is 5.82 Å². The van der Waals surface area contributed by atoms with Crippen LogP contribution in [0.2, 0.25) is 5.02 Å². The lowest BCUT2D eigenvalue weighted by Gasteiger charge is -2.37. The first-order chi connectivity index (χ1) is 15.8. The molecule has 3 rings (SSSR count). The van der Waals surface area contributed by atoms with Crippen molar-refractivity contribution in [1.29, 1.82) is 0 Å². The van der Waals surface area contributed by atoms with E-state index in [-0.39, 0.29) is 28.9 Å². The summed E-state index contributed by atoms with van der Waals surface area (Å²) in [6, 6.07) is 10.1. The van der Waals surface area contributed by atoms with Crippen LogP contribution in [0.1, 0.15) is 57.7 Å². The van der Waals surface area contributed by atoms with Gasteiger partial charge in [0.15, 0.2) is 0 Å². The predicted molar refractivity (Wildman–Crippen MR) is 127 cm³/mol. The number of benzene rings is 2. The van der Waals surface area contributed by atoms with Crippen LogP contribution in [-0.2, 0) is 4.74 Å². The predicted octanol–water partition coefficient (Wildman–Crippen LogP) is 4.12. The van der Waals surface area contributed by atoms with Gasteiger partial charge in [0.2, 0.25) is 0 Å². The Morgan fingerprint density at radius 3 is 2.45 bits per heavy atom. The van der Waals surface area contributed by atoms with E-state index in [2.05, 4.69) is 22.5 Å². The Morgan fingerprint density at radius 1 is 1.15 bits per heavy atom. The van der Waals surface area contributed by atoms with Crippen molar-refractivity contribution in [2.45, 2.75) is 38.8 Å². The first-order valence-corrected chi connectivity index (χ1v) is 11.6. The first-order valence-electron chi connectivity index (χ1n) is 11.2. The number of ether oxygens (including phenoxy) is 1. The van der Waals surface area contributed by atoms with Gasteiger partial charge < -0.3 is 15.4 Å². The van der Waals surface area contributed by atoms with Crippen LogP contribution in [-0.4, -0.2) is 56.1 Å². The second-order valence-corrected chi connectivity index (χ2v) is 8.82. The second-order valence-electron chi connectivity index (χ2n) is 8.41. The number of hydrogen-bond donors (Lipinski definition) is 2. The van der Waals surface area contributed by atoms with Crippen LogP contribution in [0.4, 0.5) is 4.39 Å². The van der Waals surface area contributed by atoms with Gasteiger partial charge in [-0.05, 0) is 68.1 Å². The number of hydrogen-bond acceptors (Lipinski definition) is 4. The number of nitrogens with zero attached hydrogens (tertiary/aromatic N) is 1. The lowest BCUT2D eigenvalue weighted by atomic mass is 9.95. The molecule has 0 spiro atoms. The molecule has 1 aliphatic heterocycles. The number of carbonyl (C=O) groups excluding carboxylic acids is 2. The minimum absolute atomic E-state index is 0.0554. The number of carbonyl (C=O) groups is 2. The van der Waals surface area contributed by atoms with Gasteiger partial charge in [-0.3, -0.25) is 14.5 Å². The highest BCUT2D eigenvalue weighted by Crippen LogP contribution is 2.27. The van der Waals surface area contributed by atoms with E-state index < -0.39 is 5.82 Å². The van der Waals surface area contributed by atoms with E-state index in [9.17, 15) is 14.0 Å². The maximum Gasteiger partial charge on any atom is 0.251 e. The SMILES string of the molecule is COCCNC(=O)c1ccc(C(C)N2CCC(NC(=O)c3ccc(F)c(Cl)c3)CC2)c(C)c1. The number of methoxy groups -OCH3 is 1. The Morgan fingerprint density at radius 2 is 1.82 bits per heavy atom. The van der Waals surface area contributed by atoms with Crippen LogP contribution in [0.15, 0.2) is 36.4 Å². The van der Waals surface area contributed by atoms with E-state index in [1.165, 1.54) is 23.8 Å². The third-order valence-electron chi connectivity index (χ3n) is 6.17. The zero-order chi connectivity index (χ0) is 24.0. The highest BCUT2D eigenvalue weighted by atomic mass is 35.5.